The molecule has 3 saturated heterocycles. The molecule has 0 N–H and O–H groups in total. The molecule has 1 amide bonds. The predicted molar refractivity (Wildman–Crippen MR) is 116 cm³/mol. The molecular weight excluding hydrogens is 380 g/mol. The first-order chi connectivity index (χ1) is 14.7. The number of hydrogen-bond acceptors (Lipinski definition) is 6. The summed E-state index contributed by atoms with van der Waals surface area (Å²) in [5.74, 6) is 0.489. The third kappa shape index (κ3) is 3.93. The van der Waals surface area contributed by atoms with E-state index in [1.165, 1.54) is 0 Å². The standard InChI is InChI=1S/C23H32N4O3/c1-25(19-10-15-29-16-19)22(28)17-6-11-26(12-7-17)18-8-13-27(14-9-18)23-24-20-4-2-3-5-21(20)30-23/h2-5,17-19H,6-16H2,1H3. The lowest BCUT2D eigenvalue weighted by molar-refractivity contribution is -0.138. The van der Waals surface area contributed by atoms with Gasteiger partial charge in [0.05, 0.1) is 12.6 Å². The molecule has 7 nitrogen and oxygen atoms in total. The zero-order valence-electron chi connectivity index (χ0n) is 17.8. The number of anilines is 1. The molecule has 4 heterocycles. The summed E-state index contributed by atoms with van der Waals surface area (Å²) in [4.78, 5) is 24.3. The minimum Gasteiger partial charge on any atom is -0.423 e. The van der Waals surface area contributed by atoms with Gasteiger partial charge >= 0.3 is 0 Å². The average molecular weight is 413 g/mol. The van der Waals surface area contributed by atoms with Crippen molar-refractivity contribution in [2.45, 2.75) is 44.2 Å². The van der Waals surface area contributed by atoms with E-state index >= 15 is 0 Å². The fourth-order valence-electron chi connectivity index (χ4n) is 5.22. The molecule has 3 aliphatic heterocycles. The Morgan fingerprint density at radius 2 is 1.83 bits per heavy atom. The van der Waals surface area contributed by atoms with Crippen LogP contribution in [0, 0.1) is 5.92 Å². The number of rotatable bonds is 4. The number of nitrogens with zero attached hydrogens (tertiary/aromatic N) is 4. The molecule has 3 fully saturated rings. The first kappa shape index (κ1) is 19.8. The normalized spacial score (nSPS) is 24.6. The van der Waals surface area contributed by atoms with E-state index in [0.29, 0.717) is 18.6 Å². The van der Waals surface area contributed by atoms with Crippen molar-refractivity contribution in [3.63, 3.8) is 0 Å². The van der Waals surface area contributed by atoms with Crippen molar-refractivity contribution in [1.29, 1.82) is 0 Å². The lowest BCUT2D eigenvalue weighted by Gasteiger charge is -2.42. The maximum atomic E-state index is 12.9. The van der Waals surface area contributed by atoms with Crippen molar-refractivity contribution >= 4 is 23.0 Å². The van der Waals surface area contributed by atoms with E-state index in [1.54, 1.807) is 0 Å². The van der Waals surface area contributed by atoms with Crippen LogP contribution >= 0.6 is 0 Å². The maximum absolute atomic E-state index is 12.9. The molecule has 5 rings (SSSR count). The van der Waals surface area contributed by atoms with Gasteiger partial charge < -0.3 is 23.9 Å². The van der Waals surface area contributed by atoms with Gasteiger partial charge in [-0.1, -0.05) is 12.1 Å². The second kappa shape index (κ2) is 8.55. The third-order valence-electron chi connectivity index (χ3n) is 7.21. The van der Waals surface area contributed by atoms with Crippen LogP contribution in [0.4, 0.5) is 6.01 Å². The predicted octanol–water partition coefficient (Wildman–Crippen LogP) is 2.76. The molecule has 30 heavy (non-hydrogen) atoms. The number of amides is 1. The first-order valence-corrected chi connectivity index (χ1v) is 11.4. The number of carbonyl (C=O) groups is 1. The molecule has 0 saturated carbocycles. The largest absolute Gasteiger partial charge is 0.423 e. The quantitative estimate of drug-likeness (QED) is 0.770. The van der Waals surface area contributed by atoms with Gasteiger partial charge in [0.25, 0.3) is 6.01 Å². The number of oxazole rings is 1. The zero-order valence-corrected chi connectivity index (χ0v) is 17.8. The van der Waals surface area contributed by atoms with Crippen molar-refractivity contribution < 1.29 is 13.9 Å². The van der Waals surface area contributed by atoms with Crippen molar-refractivity contribution in [2.75, 3.05) is 51.3 Å². The van der Waals surface area contributed by atoms with Crippen LogP contribution in [0.25, 0.3) is 11.1 Å². The van der Waals surface area contributed by atoms with Crippen LogP contribution in [-0.2, 0) is 9.53 Å². The number of aromatic nitrogens is 1. The van der Waals surface area contributed by atoms with E-state index in [4.69, 9.17) is 9.15 Å². The first-order valence-electron chi connectivity index (χ1n) is 11.4. The van der Waals surface area contributed by atoms with Crippen molar-refractivity contribution in [2.24, 2.45) is 5.92 Å². The van der Waals surface area contributed by atoms with Crippen molar-refractivity contribution in [3.05, 3.63) is 24.3 Å². The summed E-state index contributed by atoms with van der Waals surface area (Å²) in [5.41, 5.74) is 1.78. The highest BCUT2D eigenvalue weighted by Gasteiger charge is 2.34. The van der Waals surface area contributed by atoms with Gasteiger partial charge in [0, 0.05) is 38.7 Å². The van der Waals surface area contributed by atoms with Gasteiger partial charge in [0.2, 0.25) is 5.91 Å². The van der Waals surface area contributed by atoms with Crippen molar-refractivity contribution in [3.8, 4) is 0 Å². The maximum Gasteiger partial charge on any atom is 0.298 e. The smallest absolute Gasteiger partial charge is 0.298 e. The number of likely N-dealkylation sites (N-methyl/N-ethyl adjacent to an activating group) is 1. The molecule has 3 aliphatic rings. The number of para-hydroxylation sites is 2. The van der Waals surface area contributed by atoms with Crippen LogP contribution < -0.4 is 4.90 Å². The molecule has 0 aliphatic carbocycles. The van der Waals surface area contributed by atoms with Gasteiger partial charge in [-0.15, -0.1) is 0 Å². The lowest BCUT2D eigenvalue weighted by Crippen LogP contribution is -2.50. The molecule has 1 unspecified atom stereocenters. The topological polar surface area (TPSA) is 62.1 Å². The molecule has 0 radical (unpaired) electrons. The fourth-order valence-corrected chi connectivity index (χ4v) is 5.22. The van der Waals surface area contributed by atoms with Gasteiger partial charge in [-0.3, -0.25) is 4.79 Å². The van der Waals surface area contributed by atoms with Crippen LogP contribution in [0.1, 0.15) is 32.1 Å². The number of piperidine rings is 2. The van der Waals surface area contributed by atoms with E-state index < -0.39 is 0 Å². The molecule has 1 aromatic heterocycles. The Bertz CT molecular complexity index is 829. The summed E-state index contributed by atoms with van der Waals surface area (Å²) in [6.45, 7) is 5.47. The number of benzene rings is 1. The number of likely N-dealkylation sites (tertiary alicyclic amines) is 1. The van der Waals surface area contributed by atoms with E-state index in [0.717, 1.165) is 82.0 Å². The highest BCUT2D eigenvalue weighted by Crippen LogP contribution is 2.29. The molecule has 0 spiro atoms. The minimum absolute atomic E-state index is 0.173. The van der Waals surface area contributed by atoms with E-state index in [9.17, 15) is 4.79 Å². The Kier molecular flexibility index (Phi) is 5.65. The van der Waals surface area contributed by atoms with Crippen LogP contribution in [-0.4, -0.2) is 79.2 Å². The van der Waals surface area contributed by atoms with Crippen LogP contribution in [0.15, 0.2) is 28.7 Å². The Hall–Kier alpha value is -2.12. The van der Waals surface area contributed by atoms with Crippen LogP contribution in [0.5, 0.6) is 0 Å². The zero-order chi connectivity index (χ0) is 20.5. The van der Waals surface area contributed by atoms with Gasteiger partial charge in [0.1, 0.15) is 5.52 Å². The van der Waals surface area contributed by atoms with Gasteiger partial charge in [-0.05, 0) is 57.3 Å². The summed E-state index contributed by atoms with van der Waals surface area (Å²) in [6, 6.07) is 9.57. The number of fused-ring (bicyclic) bond motifs is 1. The van der Waals surface area contributed by atoms with Gasteiger partial charge in [-0.2, -0.15) is 4.98 Å². The number of ether oxygens (including phenoxy) is 1. The Morgan fingerprint density at radius 3 is 2.53 bits per heavy atom. The Balaban J connectivity index is 1.11. The van der Waals surface area contributed by atoms with Gasteiger partial charge in [0.15, 0.2) is 5.58 Å². The summed E-state index contributed by atoms with van der Waals surface area (Å²) in [5, 5.41) is 0. The summed E-state index contributed by atoms with van der Waals surface area (Å²) in [6.07, 6.45) is 5.16. The van der Waals surface area contributed by atoms with E-state index in [-0.39, 0.29) is 12.0 Å². The van der Waals surface area contributed by atoms with E-state index in [1.807, 2.05) is 36.2 Å². The summed E-state index contributed by atoms with van der Waals surface area (Å²) in [7, 11) is 1.95. The highest BCUT2D eigenvalue weighted by atomic mass is 16.5. The Morgan fingerprint density at radius 1 is 1.07 bits per heavy atom. The second-order valence-electron chi connectivity index (χ2n) is 8.96. The molecule has 7 heteroatoms. The summed E-state index contributed by atoms with van der Waals surface area (Å²) >= 11 is 0. The molecule has 162 valence electrons. The molecule has 1 aromatic carbocycles. The van der Waals surface area contributed by atoms with Crippen LogP contribution in [0.3, 0.4) is 0 Å². The second-order valence-corrected chi connectivity index (χ2v) is 8.96. The summed E-state index contributed by atoms with van der Waals surface area (Å²) < 4.78 is 11.4. The number of carbonyl (C=O) groups excluding carboxylic acids is 1. The molecule has 1 atom stereocenters. The average Bonchev–Trinajstić information content (AvgIpc) is 3.48. The van der Waals surface area contributed by atoms with Gasteiger partial charge in [-0.25, -0.2) is 0 Å². The van der Waals surface area contributed by atoms with Crippen LogP contribution in [0.2, 0.25) is 0 Å². The van der Waals surface area contributed by atoms with Crippen molar-refractivity contribution in [1.82, 2.24) is 14.8 Å². The monoisotopic (exact) mass is 412 g/mol. The highest BCUT2D eigenvalue weighted by molar-refractivity contribution is 5.79. The SMILES string of the molecule is CN(C(=O)C1CCN(C2CCN(c3nc4ccccc4o3)CC2)CC1)C1CCOC1. The fraction of sp³-hybridized carbons (Fsp3) is 0.652. The molecular formula is C23H32N4O3. The molecule has 0 bridgehead atoms. The lowest BCUT2D eigenvalue weighted by atomic mass is 9.92. The van der Waals surface area contributed by atoms with E-state index in [2.05, 4.69) is 14.8 Å². The Labute approximate surface area is 178 Å². The third-order valence-corrected chi connectivity index (χ3v) is 7.21. The number of hydrogen-bond donors (Lipinski definition) is 0. The minimum atomic E-state index is 0.173. The molecule has 2 aromatic rings.